The van der Waals surface area contributed by atoms with Crippen molar-refractivity contribution in [2.75, 3.05) is 19.7 Å². The first-order chi connectivity index (χ1) is 10.6. The van der Waals surface area contributed by atoms with Crippen molar-refractivity contribution in [1.82, 2.24) is 4.90 Å². The molecule has 0 bridgehead atoms. The van der Waals surface area contributed by atoms with Crippen LogP contribution in [0.4, 0.5) is 0 Å². The fourth-order valence-corrected chi connectivity index (χ4v) is 3.84. The van der Waals surface area contributed by atoms with Gasteiger partial charge in [-0.2, -0.15) is 0 Å². The first kappa shape index (κ1) is 15.2. The standard InChI is InChI=1S/C18H23NO3/c1-13(20)22-12-15-7-16-10-19(11-17(16)18(21)8-15)9-14-5-3-2-4-6-14/h2-6,15-17H,7-12H2,1H3/t15-,16+,17-/m1/s1. The molecule has 1 aromatic rings. The van der Waals surface area contributed by atoms with Gasteiger partial charge in [0, 0.05) is 44.8 Å². The van der Waals surface area contributed by atoms with Gasteiger partial charge in [-0.05, 0) is 17.9 Å². The number of esters is 1. The van der Waals surface area contributed by atoms with Crippen molar-refractivity contribution in [1.29, 1.82) is 0 Å². The zero-order valence-electron chi connectivity index (χ0n) is 13.0. The van der Waals surface area contributed by atoms with Crippen LogP contribution in [-0.2, 0) is 20.9 Å². The van der Waals surface area contributed by atoms with Crippen LogP contribution in [-0.4, -0.2) is 36.3 Å². The zero-order chi connectivity index (χ0) is 15.5. The Morgan fingerprint density at radius 2 is 2.05 bits per heavy atom. The van der Waals surface area contributed by atoms with Gasteiger partial charge in [0.25, 0.3) is 0 Å². The van der Waals surface area contributed by atoms with E-state index in [0.29, 0.717) is 24.7 Å². The van der Waals surface area contributed by atoms with Crippen molar-refractivity contribution in [3.63, 3.8) is 0 Å². The second-order valence-corrected chi connectivity index (χ2v) is 6.62. The highest BCUT2D eigenvalue weighted by atomic mass is 16.5. The van der Waals surface area contributed by atoms with Crippen molar-refractivity contribution >= 4 is 11.8 Å². The van der Waals surface area contributed by atoms with Gasteiger partial charge in [0.15, 0.2) is 0 Å². The average molecular weight is 301 g/mol. The summed E-state index contributed by atoms with van der Waals surface area (Å²) in [6.07, 6.45) is 1.56. The number of fused-ring (bicyclic) bond motifs is 1. The van der Waals surface area contributed by atoms with Crippen molar-refractivity contribution in [3.8, 4) is 0 Å². The molecule has 1 aliphatic heterocycles. The molecule has 1 aromatic carbocycles. The van der Waals surface area contributed by atoms with E-state index in [2.05, 4.69) is 29.2 Å². The molecule has 3 rings (SSSR count). The van der Waals surface area contributed by atoms with Crippen molar-refractivity contribution in [2.24, 2.45) is 17.8 Å². The third kappa shape index (κ3) is 3.55. The maximum Gasteiger partial charge on any atom is 0.302 e. The summed E-state index contributed by atoms with van der Waals surface area (Å²) in [5.74, 6) is 0.896. The number of rotatable bonds is 4. The Morgan fingerprint density at radius 1 is 1.27 bits per heavy atom. The Kier molecular flexibility index (Phi) is 4.57. The van der Waals surface area contributed by atoms with Gasteiger partial charge >= 0.3 is 5.97 Å². The SMILES string of the molecule is CC(=O)OC[C@H]1CC(=O)[C@@H]2CN(Cc3ccccc3)C[C@@H]2C1. The molecule has 0 amide bonds. The zero-order valence-corrected chi connectivity index (χ0v) is 13.0. The van der Waals surface area contributed by atoms with Crippen LogP contribution < -0.4 is 0 Å². The Labute approximate surface area is 131 Å². The molecule has 3 atom stereocenters. The number of benzene rings is 1. The molecular formula is C18H23NO3. The van der Waals surface area contributed by atoms with E-state index in [4.69, 9.17) is 4.74 Å². The summed E-state index contributed by atoms with van der Waals surface area (Å²) in [5, 5.41) is 0. The summed E-state index contributed by atoms with van der Waals surface area (Å²) in [4.78, 5) is 25.7. The molecule has 0 radical (unpaired) electrons. The molecule has 1 saturated carbocycles. The van der Waals surface area contributed by atoms with Gasteiger partial charge in [-0.3, -0.25) is 14.5 Å². The molecule has 0 spiro atoms. The highest BCUT2D eigenvalue weighted by Crippen LogP contribution is 2.37. The van der Waals surface area contributed by atoms with Gasteiger partial charge in [-0.25, -0.2) is 0 Å². The summed E-state index contributed by atoms with van der Waals surface area (Å²) in [7, 11) is 0. The number of carbonyl (C=O) groups is 2. The van der Waals surface area contributed by atoms with E-state index in [9.17, 15) is 9.59 Å². The molecule has 0 unspecified atom stereocenters. The highest BCUT2D eigenvalue weighted by molar-refractivity contribution is 5.83. The summed E-state index contributed by atoms with van der Waals surface area (Å²) in [6.45, 7) is 4.57. The number of Topliss-reactive ketones (excluding diaryl/α,β-unsaturated/α-hetero) is 1. The smallest absolute Gasteiger partial charge is 0.302 e. The van der Waals surface area contributed by atoms with E-state index in [1.54, 1.807) is 0 Å². The minimum absolute atomic E-state index is 0.178. The molecule has 2 aliphatic rings. The predicted molar refractivity (Wildman–Crippen MR) is 83.1 cm³/mol. The van der Waals surface area contributed by atoms with Gasteiger partial charge in [0.2, 0.25) is 0 Å². The summed E-state index contributed by atoms with van der Waals surface area (Å²) >= 11 is 0. The molecule has 1 heterocycles. The highest BCUT2D eigenvalue weighted by Gasteiger charge is 2.42. The Bertz CT molecular complexity index is 543. The van der Waals surface area contributed by atoms with Crippen LogP contribution in [0.1, 0.15) is 25.3 Å². The maximum atomic E-state index is 12.4. The number of ketones is 1. The van der Waals surface area contributed by atoms with E-state index in [0.717, 1.165) is 26.1 Å². The van der Waals surface area contributed by atoms with E-state index < -0.39 is 0 Å². The van der Waals surface area contributed by atoms with E-state index >= 15 is 0 Å². The molecule has 2 fully saturated rings. The molecule has 4 heteroatoms. The lowest BCUT2D eigenvalue weighted by Gasteiger charge is -2.29. The topological polar surface area (TPSA) is 46.6 Å². The van der Waals surface area contributed by atoms with Gasteiger partial charge in [0.05, 0.1) is 6.61 Å². The Hall–Kier alpha value is -1.68. The Morgan fingerprint density at radius 3 is 2.77 bits per heavy atom. The minimum atomic E-state index is -0.258. The second-order valence-electron chi connectivity index (χ2n) is 6.62. The van der Waals surface area contributed by atoms with Gasteiger partial charge in [0.1, 0.15) is 5.78 Å². The molecule has 118 valence electrons. The van der Waals surface area contributed by atoms with Crippen LogP contribution in [0.2, 0.25) is 0 Å². The predicted octanol–water partition coefficient (Wildman–Crippen LogP) is 2.28. The molecular weight excluding hydrogens is 278 g/mol. The number of nitrogens with zero attached hydrogens (tertiary/aromatic N) is 1. The normalized spacial score (nSPS) is 28.4. The number of ether oxygens (including phenoxy) is 1. The van der Waals surface area contributed by atoms with Crippen molar-refractivity contribution in [2.45, 2.75) is 26.3 Å². The summed E-state index contributed by atoms with van der Waals surface area (Å²) < 4.78 is 5.10. The first-order valence-corrected chi connectivity index (χ1v) is 8.04. The van der Waals surface area contributed by atoms with Gasteiger partial charge < -0.3 is 4.74 Å². The fraction of sp³-hybridized carbons (Fsp3) is 0.556. The maximum absolute atomic E-state index is 12.4. The third-order valence-corrected chi connectivity index (χ3v) is 4.83. The summed E-state index contributed by atoms with van der Waals surface area (Å²) in [6, 6.07) is 10.4. The lowest BCUT2D eigenvalue weighted by Crippen LogP contribution is -2.34. The molecule has 0 N–H and O–H groups in total. The lowest BCUT2D eigenvalue weighted by molar-refractivity contribution is -0.144. The summed E-state index contributed by atoms with van der Waals surface area (Å²) in [5.41, 5.74) is 1.30. The second kappa shape index (κ2) is 6.61. The van der Waals surface area contributed by atoms with Crippen LogP contribution in [0.3, 0.4) is 0 Å². The van der Waals surface area contributed by atoms with E-state index in [-0.39, 0.29) is 17.8 Å². The number of hydrogen-bond acceptors (Lipinski definition) is 4. The fourth-order valence-electron chi connectivity index (χ4n) is 3.84. The minimum Gasteiger partial charge on any atom is -0.466 e. The van der Waals surface area contributed by atoms with Crippen LogP contribution in [0.25, 0.3) is 0 Å². The largest absolute Gasteiger partial charge is 0.466 e. The van der Waals surface area contributed by atoms with E-state index in [1.165, 1.54) is 12.5 Å². The van der Waals surface area contributed by atoms with Crippen LogP contribution >= 0.6 is 0 Å². The quantitative estimate of drug-likeness (QED) is 0.801. The lowest BCUT2D eigenvalue weighted by atomic mass is 9.75. The molecule has 4 nitrogen and oxygen atoms in total. The third-order valence-electron chi connectivity index (χ3n) is 4.83. The van der Waals surface area contributed by atoms with Crippen LogP contribution in [0.5, 0.6) is 0 Å². The number of likely N-dealkylation sites (tertiary alicyclic amines) is 1. The van der Waals surface area contributed by atoms with Crippen molar-refractivity contribution in [3.05, 3.63) is 35.9 Å². The van der Waals surface area contributed by atoms with Gasteiger partial charge in [-0.15, -0.1) is 0 Å². The Balaban J connectivity index is 1.58. The molecule has 0 aromatic heterocycles. The molecule has 22 heavy (non-hydrogen) atoms. The monoisotopic (exact) mass is 301 g/mol. The van der Waals surface area contributed by atoms with Crippen molar-refractivity contribution < 1.29 is 14.3 Å². The number of hydrogen-bond donors (Lipinski definition) is 0. The van der Waals surface area contributed by atoms with Gasteiger partial charge in [-0.1, -0.05) is 30.3 Å². The van der Waals surface area contributed by atoms with Crippen LogP contribution in [0, 0.1) is 17.8 Å². The number of carbonyl (C=O) groups excluding carboxylic acids is 2. The molecule has 1 aliphatic carbocycles. The molecule has 1 saturated heterocycles. The van der Waals surface area contributed by atoms with Crippen LogP contribution in [0.15, 0.2) is 30.3 Å². The average Bonchev–Trinajstić information content (AvgIpc) is 2.89. The van der Waals surface area contributed by atoms with E-state index in [1.807, 2.05) is 6.07 Å². The first-order valence-electron chi connectivity index (χ1n) is 8.04.